The minimum absolute atomic E-state index is 0.374. The summed E-state index contributed by atoms with van der Waals surface area (Å²) in [6, 6.07) is 8.06. The number of halogens is 1. The molecule has 0 radical (unpaired) electrons. The molecule has 104 valence electrons. The van der Waals surface area contributed by atoms with E-state index in [0.717, 1.165) is 24.2 Å². The molecule has 2 aromatic rings. The van der Waals surface area contributed by atoms with Crippen LogP contribution in [0.5, 0.6) is 5.75 Å². The van der Waals surface area contributed by atoms with Crippen LogP contribution in [-0.4, -0.2) is 16.1 Å². The summed E-state index contributed by atoms with van der Waals surface area (Å²) < 4.78 is 5.99. The zero-order chi connectivity index (χ0) is 13.8. The van der Waals surface area contributed by atoms with Gasteiger partial charge in [-0.1, -0.05) is 29.8 Å². The molecule has 1 saturated carbocycles. The topological polar surface area (TPSA) is 47.0 Å². The largest absolute Gasteiger partial charge is 0.490 e. The van der Waals surface area contributed by atoms with Crippen LogP contribution in [0.25, 0.3) is 0 Å². The second-order valence-corrected chi connectivity index (χ2v) is 5.26. The van der Waals surface area contributed by atoms with Gasteiger partial charge in [0.25, 0.3) is 0 Å². The highest BCUT2D eigenvalue weighted by Crippen LogP contribution is 2.28. The van der Waals surface area contributed by atoms with Crippen molar-refractivity contribution in [2.45, 2.75) is 31.9 Å². The van der Waals surface area contributed by atoms with E-state index in [-0.39, 0.29) is 0 Å². The lowest BCUT2D eigenvalue weighted by Crippen LogP contribution is -2.25. The van der Waals surface area contributed by atoms with Crippen LogP contribution in [0.3, 0.4) is 0 Å². The fourth-order valence-electron chi connectivity index (χ4n) is 2.05. The lowest BCUT2D eigenvalue weighted by Gasteiger charge is -2.27. The molecule has 0 atom stereocenters. The van der Waals surface area contributed by atoms with Crippen molar-refractivity contribution >= 4 is 17.4 Å². The Kier molecular flexibility index (Phi) is 4.02. The Labute approximate surface area is 123 Å². The molecule has 0 spiro atoms. The summed E-state index contributed by atoms with van der Waals surface area (Å²) in [7, 11) is 0. The first-order valence-corrected chi connectivity index (χ1v) is 7.14. The van der Waals surface area contributed by atoms with E-state index in [1.54, 1.807) is 6.20 Å². The quantitative estimate of drug-likeness (QED) is 0.912. The van der Waals surface area contributed by atoms with Crippen LogP contribution >= 0.6 is 11.6 Å². The number of aromatic nitrogens is 2. The van der Waals surface area contributed by atoms with E-state index in [0.29, 0.717) is 23.5 Å². The van der Waals surface area contributed by atoms with Crippen LogP contribution < -0.4 is 10.1 Å². The number of para-hydroxylation sites is 1. The van der Waals surface area contributed by atoms with Gasteiger partial charge in [-0.15, -0.1) is 0 Å². The Morgan fingerprint density at radius 1 is 1.30 bits per heavy atom. The van der Waals surface area contributed by atoms with Crippen molar-refractivity contribution in [2.75, 3.05) is 5.32 Å². The minimum Gasteiger partial charge on any atom is -0.490 e. The second-order valence-electron chi connectivity index (χ2n) is 4.85. The van der Waals surface area contributed by atoms with Crippen LogP contribution in [0.1, 0.15) is 24.8 Å². The summed E-state index contributed by atoms with van der Waals surface area (Å²) in [5, 5.41) is 3.73. The van der Waals surface area contributed by atoms with Crippen LogP contribution in [0, 0.1) is 0 Å². The van der Waals surface area contributed by atoms with Gasteiger partial charge in [0, 0.05) is 12.1 Å². The first-order valence-electron chi connectivity index (χ1n) is 6.77. The molecule has 1 N–H and O–H groups in total. The standard InChI is InChI=1S/C15H16ClN3O/c16-13-9-17-10-19-15(13)18-8-11-4-1-2-7-14(11)20-12-5-3-6-12/h1-2,4,7,9-10,12H,3,5-6,8H2,(H,17,18,19). The van der Waals surface area contributed by atoms with Crippen molar-refractivity contribution in [3.05, 3.63) is 47.4 Å². The van der Waals surface area contributed by atoms with Crippen molar-refractivity contribution in [3.63, 3.8) is 0 Å². The number of nitrogens with zero attached hydrogens (tertiary/aromatic N) is 2. The zero-order valence-corrected chi connectivity index (χ0v) is 11.8. The average Bonchev–Trinajstić information content (AvgIpc) is 2.43. The summed E-state index contributed by atoms with van der Waals surface area (Å²) in [6.45, 7) is 0.625. The molecule has 0 bridgehead atoms. The number of hydrogen-bond acceptors (Lipinski definition) is 4. The molecule has 0 amide bonds. The third kappa shape index (κ3) is 3.02. The molecule has 5 heteroatoms. The molecule has 1 aliphatic rings. The van der Waals surface area contributed by atoms with E-state index < -0.39 is 0 Å². The Balaban J connectivity index is 1.69. The summed E-state index contributed by atoms with van der Waals surface area (Å²) in [6.07, 6.45) is 7.00. The maximum atomic E-state index is 6.03. The Morgan fingerprint density at radius 3 is 2.90 bits per heavy atom. The molecule has 1 aromatic heterocycles. The predicted molar refractivity (Wildman–Crippen MR) is 79.1 cm³/mol. The van der Waals surface area contributed by atoms with Crippen molar-refractivity contribution in [1.82, 2.24) is 9.97 Å². The maximum absolute atomic E-state index is 6.03. The highest BCUT2D eigenvalue weighted by molar-refractivity contribution is 6.32. The Bertz CT molecular complexity index is 587. The minimum atomic E-state index is 0.374. The molecular formula is C15H16ClN3O. The second kappa shape index (κ2) is 6.09. The van der Waals surface area contributed by atoms with Gasteiger partial charge in [0.05, 0.1) is 12.3 Å². The zero-order valence-electron chi connectivity index (χ0n) is 11.1. The van der Waals surface area contributed by atoms with Gasteiger partial charge in [0.2, 0.25) is 0 Å². The van der Waals surface area contributed by atoms with Crippen molar-refractivity contribution in [2.24, 2.45) is 0 Å². The van der Waals surface area contributed by atoms with Gasteiger partial charge >= 0.3 is 0 Å². The smallest absolute Gasteiger partial charge is 0.148 e. The number of hydrogen-bond donors (Lipinski definition) is 1. The predicted octanol–water partition coefficient (Wildman–Crippen LogP) is 3.67. The van der Waals surface area contributed by atoms with Crippen LogP contribution in [0.4, 0.5) is 5.82 Å². The fourth-order valence-corrected chi connectivity index (χ4v) is 2.23. The van der Waals surface area contributed by atoms with Crippen LogP contribution in [-0.2, 0) is 6.54 Å². The summed E-state index contributed by atoms with van der Waals surface area (Å²) in [5.41, 5.74) is 1.11. The molecule has 0 aliphatic heterocycles. The Morgan fingerprint density at radius 2 is 2.15 bits per heavy atom. The number of ether oxygens (including phenoxy) is 1. The highest BCUT2D eigenvalue weighted by Gasteiger charge is 2.20. The van der Waals surface area contributed by atoms with Crippen molar-refractivity contribution in [3.8, 4) is 5.75 Å². The SMILES string of the molecule is Clc1cncnc1NCc1ccccc1OC1CCC1. The maximum Gasteiger partial charge on any atom is 0.148 e. The first-order chi connectivity index (χ1) is 9.83. The van der Waals surface area contributed by atoms with Gasteiger partial charge in [0.15, 0.2) is 0 Å². The molecule has 1 aliphatic carbocycles. The van der Waals surface area contributed by atoms with Crippen molar-refractivity contribution in [1.29, 1.82) is 0 Å². The van der Waals surface area contributed by atoms with Gasteiger partial charge in [-0.2, -0.15) is 0 Å². The average molecular weight is 290 g/mol. The van der Waals surface area contributed by atoms with E-state index >= 15 is 0 Å². The van der Waals surface area contributed by atoms with Gasteiger partial charge in [-0.3, -0.25) is 0 Å². The third-order valence-corrected chi connectivity index (χ3v) is 3.71. The van der Waals surface area contributed by atoms with Gasteiger partial charge in [-0.05, 0) is 25.3 Å². The fraction of sp³-hybridized carbons (Fsp3) is 0.333. The lowest BCUT2D eigenvalue weighted by molar-refractivity contribution is 0.119. The third-order valence-electron chi connectivity index (χ3n) is 3.43. The summed E-state index contributed by atoms with van der Waals surface area (Å²) >= 11 is 6.03. The molecule has 4 nitrogen and oxygen atoms in total. The number of rotatable bonds is 5. The Hall–Kier alpha value is -1.81. The summed E-state index contributed by atoms with van der Waals surface area (Å²) in [5.74, 6) is 1.58. The van der Waals surface area contributed by atoms with E-state index in [1.807, 2.05) is 18.2 Å². The van der Waals surface area contributed by atoms with E-state index in [2.05, 4.69) is 21.4 Å². The number of anilines is 1. The number of benzene rings is 1. The van der Waals surface area contributed by atoms with E-state index in [4.69, 9.17) is 16.3 Å². The van der Waals surface area contributed by atoms with E-state index in [9.17, 15) is 0 Å². The molecule has 0 unspecified atom stereocenters. The number of nitrogens with one attached hydrogen (secondary N) is 1. The summed E-state index contributed by atoms with van der Waals surface area (Å²) in [4.78, 5) is 7.98. The molecule has 1 fully saturated rings. The monoisotopic (exact) mass is 289 g/mol. The van der Waals surface area contributed by atoms with Gasteiger partial charge in [-0.25, -0.2) is 9.97 Å². The highest BCUT2D eigenvalue weighted by atomic mass is 35.5. The molecule has 20 heavy (non-hydrogen) atoms. The van der Waals surface area contributed by atoms with Crippen LogP contribution in [0.2, 0.25) is 5.02 Å². The van der Waals surface area contributed by atoms with Gasteiger partial charge in [0.1, 0.15) is 22.9 Å². The van der Waals surface area contributed by atoms with Gasteiger partial charge < -0.3 is 10.1 Å². The first kappa shape index (κ1) is 13.2. The van der Waals surface area contributed by atoms with E-state index in [1.165, 1.54) is 12.7 Å². The molecule has 0 saturated heterocycles. The lowest BCUT2D eigenvalue weighted by atomic mass is 9.96. The molecule has 1 aromatic carbocycles. The molecular weight excluding hydrogens is 274 g/mol. The van der Waals surface area contributed by atoms with Crippen molar-refractivity contribution < 1.29 is 4.74 Å². The molecule has 1 heterocycles. The molecule has 3 rings (SSSR count). The normalized spacial score (nSPS) is 14.7. The van der Waals surface area contributed by atoms with Crippen LogP contribution in [0.15, 0.2) is 36.8 Å².